The molecule has 1 N–H and O–H groups in total. The number of aliphatic hydroxyl groups excluding tert-OH is 1. The number of rotatable bonds is 7. The second kappa shape index (κ2) is 9.90. The van der Waals surface area contributed by atoms with Gasteiger partial charge in [0.2, 0.25) is 0 Å². The van der Waals surface area contributed by atoms with Gasteiger partial charge in [-0.3, -0.25) is 9.59 Å². The van der Waals surface area contributed by atoms with Gasteiger partial charge in [0.1, 0.15) is 11.6 Å². The van der Waals surface area contributed by atoms with Crippen molar-refractivity contribution in [2.75, 3.05) is 20.3 Å². The van der Waals surface area contributed by atoms with Crippen LogP contribution in [0.15, 0.2) is 42.0 Å². The minimum Gasteiger partial charge on any atom is -0.507 e. The number of ketones is 1. The van der Waals surface area contributed by atoms with Crippen molar-refractivity contribution in [3.63, 3.8) is 0 Å². The quantitative estimate of drug-likeness (QED) is 0.342. The first-order chi connectivity index (χ1) is 15.1. The molecule has 1 saturated heterocycles. The van der Waals surface area contributed by atoms with Gasteiger partial charge in [-0.25, -0.2) is 4.39 Å². The Morgan fingerprint density at radius 1 is 1.16 bits per heavy atom. The maximum absolute atomic E-state index is 13.5. The molecule has 1 fully saturated rings. The number of ether oxygens (including phenoxy) is 2. The zero-order chi connectivity index (χ0) is 23.6. The summed E-state index contributed by atoms with van der Waals surface area (Å²) in [5.41, 5.74) is 0.454. The summed E-state index contributed by atoms with van der Waals surface area (Å²) in [6.07, 6.45) is -0.0697. The molecule has 1 unspecified atom stereocenters. The molecule has 0 aromatic heterocycles. The highest BCUT2D eigenvalue weighted by Gasteiger charge is 2.46. The Balaban J connectivity index is 2.13. The molecule has 1 heterocycles. The van der Waals surface area contributed by atoms with Crippen LogP contribution in [0.2, 0.25) is 10.0 Å². The van der Waals surface area contributed by atoms with E-state index in [0.717, 1.165) is 0 Å². The van der Waals surface area contributed by atoms with Crippen LogP contribution in [0.25, 0.3) is 5.76 Å². The minimum atomic E-state index is -0.939. The summed E-state index contributed by atoms with van der Waals surface area (Å²) in [7, 11) is 1.39. The van der Waals surface area contributed by atoms with Gasteiger partial charge in [0.05, 0.1) is 41.5 Å². The molecule has 0 bridgehead atoms. The van der Waals surface area contributed by atoms with E-state index in [2.05, 4.69) is 0 Å². The van der Waals surface area contributed by atoms with E-state index in [9.17, 15) is 19.1 Å². The van der Waals surface area contributed by atoms with Gasteiger partial charge in [0.25, 0.3) is 11.7 Å². The fourth-order valence-electron chi connectivity index (χ4n) is 3.54. The number of hydrogen-bond donors (Lipinski definition) is 1. The maximum atomic E-state index is 13.5. The van der Waals surface area contributed by atoms with Crippen LogP contribution in [-0.4, -0.2) is 48.1 Å². The highest BCUT2D eigenvalue weighted by atomic mass is 35.5. The molecule has 3 rings (SSSR count). The number of amides is 1. The minimum absolute atomic E-state index is 0.0697. The number of aliphatic hydroxyl groups is 1. The zero-order valence-corrected chi connectivity index (χ0v) is 19.2. The Hall–Kier alpha value is -2.61. The molecule has 32 heavy (non-hydrogen) atoms. The summed E-state index contributed by atoms with van der Waals surface area (Å²) in [5.74, 6) is -2.37. The number of benzene rings is 2. The van der Waals surface area contributed by atoms with Gasteiger partial charge in [-0.2, -0.15) is 0 Å². The SMILES string of the molecule is COc1c(Cl)cc(/C(O)=C2\C(=O)C(=O)N(CCOC(C)C)C2c2ccc(F)cc2)cc1Cl. The number of halogens is 3. The van der Waals surface area contributed by atoms with Gasteiger partial charge in [-0.1, -0.05) is 35.3 Å². The molecule has 1 aliphatic rings. The molecule has 1 atom stereocenters. The van der Waals surface area contributed by atoms with E-state index < -0.39 is 29.3 Å². The summed E-state index contributed by atoms with van der Waals surface area (Å²) in [6, 6.07) is 7.21. The van der Waals surface area contributed by atoms with Crippen LogP contribution in [0.1, 0.15) is 31.0 Å². The Kier molecular flexibility index (Phi) is 7.44. The van der Waals surface area contributed by atoms with Crippen LogP contribution in [0, 0.1) is 5.82 Å². The normalized spacial score (nSPS) is 18.0. The van der Waals surface area contributed by atoms with Gasteiger partial charge in [0.15, 0.2) is 5.75 Å². The lowest BCUT2D eigenvalue weighted by Gasteiger charge is -2.25. The van der Waals surface area contributed by atoms with Gasteiger partial charge in [-0.05, 0) is 43.7 Å². The number of methoxy groups -OCH3 is 1. The molecule has 0 aliphatic carbocycles. The van der Waals surface area contributed by atoms with Crippen LogP contribution >= 0.6 is 23.2 Å². The monoisotopic (exact) mass is 481 g/mol. The van der Waals surface area contributed by atoms with Crippen molar-refractivity contribution in [2.45, 2.75) is 26.0 Å². The molecule has 2 aromatic carbocycles. The predicted octanol–water partition coefficient (Wildman–Crippen LogP) is 4.99. The number of Topliss-reactive ketones (excluding diaryl/α,β-unsaturated/α-hetero) is 1. The average Bonchev–Trinajstić information content (AvgIpc) is 2.98. The standard InChI is InChI=1S/C23H22Cl2FNO5/c1-12(2)32-9-8-27-19(13-4-6-15(26)7-5-13)18(21(29)23(27)30)20(28)14-10-16(24)22(31-3)17(25)11-14/h4-7,10-12,19,28H,8-9H2,1-3H3/b20-18+. The largest absolute Gasteiger partial charge is 0.507 e. The first-order valence-corrected chi connectivity index (χ1v) is 10.6. The lowest BCUT2D eigenvalue weighted by atomic mass is 9.95. The molecule has 0 saturated carbocycles. The summed E-state index contributed by atoms with van der Waals surface area (Å²) in [4.78, 5) is 27.1. The third kappa shape index (κ3) is 4.75. The second-order valence-corrected chi connectivity index (χ2v) is 8.25. The number of carbonyl (C=O) groups excluding carboxylic acids is 2. The van der Waals surface area contributed by atoms with Gasteiger partial charge in [-0.15, -0.1) is 0 Å². The summed E-state index contributed by atoms with van der Waals surface area (Å²) < 4.78 is 24.2. The van der Waals surface area contributed by atoms with E-state index in [1.165, 1.54) is 48.4 Å². The summed E-state index contributed by atoms with van der Waals surface area (Å²) in [5, 5.41) is 11.3. The fourth-order valence-corrected chi connectivity index (χ4v) is 4.18. The van der Waals surface area contributed by atoms with Crippen LogP contribution in [0.5, 0.6) is 5.75 Å². The summed E-state index contributed by atoms with van der Waals surface area (Å²) in [6.45, 7) is 3.99. The van der Waals surface area contributed by atoms with E-state index in [1.807, 2.05) is 13.8 Å². The molecule has 6 nitrogen and oxygen atoms in total. The average molecular weight is 482 g/mol. The number of hydrogen-bond acceptors (Lipinski definition) is 5. The molecular weight excluding hydrogens is 460 g/mol. The Morgan fingerprint density at radius 2 is 1.75 bits per heavy atom. The van der Waals surface area contributed by atoms with Crippen molar-refractivity contribution in [1.82, 2.24) is 4.90 Å². The maximum Gasteiger partial charge on any atom is 0.295 e. The van der Waals surface area contributed by atoms with E-state index in [1.54, 1.807) is 0 Å². The topological polar surface area (TPSA) is 76.1 Å². The van der Waals surface area contributed by atoms with E-state index >= 15 is 0 Å². The van der Waals surface area contributed by atoms with Crippen LogP contribution in [0.4, 0.5) is 4.39 Å². The Labute approximate surface area is 195 Å². The van der Waals surface area contributed by atoms with E-state index in [0.29, 0.717) is 5.56 Å². The zero-order valence-electron chi connectivity index (χ0n) is 17.7. The van der Waals surface area contributed by atoms with Crippen molar-refractivity contribution in [1.29, 1.82) is 0 Å². The van der Waals surface area contributed by atoms with Crippen molar-refractivity contribution in [3.8, 4) is 5.75 Å². The van der Waals surface area contributed by atoms with Crippen molar-refractivity contribution >= 4 is 40.7 Å². The molecule has 1 aliphatic heterocycles. The number of carbonyl (C=O) groups is 2. The molecule has 9 heteroatoms. The number of nitrogens with zero attached hydrogens (tertiary/aromatic N) is 1. The first-order valence-electron chi connectivity index (χ1n) is 9.84. The molecule has 0 spiro atoms. The molecule has 1 amide bonds. The lowest BCUT2D eigenvalue weighted by Crippen LogP contribution is -2.33. The van der Waals surface area contributed by atoms with Crippen molar-refractivity contribution in [2.24, 2.45) is 0 Å². The molecular formula is C23H22Cl2FNO5. The highest BCUT2D eigenvalue weighted by Crippen LogP contribution is 2.41. The van der Waals surface area contributed by atoms with Gasteiger partial charge in [0, 0.05) is 12.1 Å². The van der Waals surface area contributed by atoms with Crippen LogP contribution < -0.4 is 4.74 Å². The predicted molar refractivity (Wildman–Crippen MR) is 120 cm³/mol. The third-order valence-electron chi connectivity index (χ3n) is 4.98. The highest BCUT2D eigenvalue weighted by molar-refractivity contribution is 6.46. The van der Waals surface area contributed by atoms with Gasteiger partial charge >= 0.3 is 0 Å². The molecule has 2 aromatic rings. The van der Waals surface area contributed by atoms with Gasteiger partial charge < -0.3 is 19.5 Å². The van der Waals surface area contributed by atoms with Crippen LogP contribution in [0.3, 0.4) is 0 Å². The second-order valence-electron chi connectivity index (χ2n) is 7.44. The summed E-state index contributed by atoms with van der Waals surface area (Å²) >= 11 is 12.4. The molecule has 0 radical (unpaired) electrons. The fraction of sp³-hybridized carbons (Fsp3) is 0.304. The van der Waals surface area contributed by atoms with Crippen molar-refractivity contribution in [3.05, 3.63) is 69.0 Å². The lowest BCUT2D eigenvalue weighted by molar-refractivity contribution is -0.140. The Bertz CT molecular complexity index is 1050. The molecule has 170 valence electrons. The first kappa shape index (κ1) is 24.0. The number of likely N-dealkylation sites (tertiary alicyclic amines) is 1. The van der Waals surface area contributed by atoms with Crippen LogP contribution in [-0.2, 0) is 14.3 Å². The van der Waals surface area contributed by atoms with E-state index in [4.69, 9.17) is 32.7 Å². The van der Waals surface area contributed by atoms with Crippen molar-refractivity contribution < 1.29 is 28.6 Å². The van der Waals surface area contributed by atoms with E-state index in [-0.39, 0.29) is 46.2 Å². The third-order valence-corrected chi connectivity index (χ3v) is 5.55. The Morgan fingerprint density at radius 3 is 2.28 bits per heavy atom. The smallest absolute Gasteiger partial charge is 0.295 e.